The molecule has 0 saturated heterocycles. The molecule has 0 amide bonds. The van der Waals surface area contributed by atoms with E-state index in [9.17, 15) is 8.42 Å². The smallest absolute Gasteiger partial charge is 0.238 e. The predicted molar refractivity (Wildman–Crippen MR) is 140 cm³/mol. The van der Waals surface area contributed by atoms with Gasteiger partial charge < -0.3 is 20.9 Å². The first-order valence-corrected chi connectivity index (χ1v) is 13.7. The van der Waals surface area contributed by atoms with Crippen molar-refractivity contribution in [3.8, 4) is 0 Å². The molecular formula is C23H33N7O2S2. The van der Waals surface area contributed by atoms with Crippen molar-refractivity contribution >= 4 is 44.8 Å². The number of benzene rings is 1. The number of aryl methyl sites for hydroxylation is 1. The van der Waals surface area contributed by atoms with Crippen LogP contribution in [-0.4, -0.2) is 49.7 Å². The molecule has 0 spiro atoms. The second kappa shape index (κ2) is 10.4. The number of hydrogen-bond donors (Lipinski definition) is 4. The van der Waals surface area contributed by atoms with E-state index in [1.807, 2.05) is 14.1 Å². The average molecular weight is 504 g/mol. The molecule has 0 radical (unpaired) electrons. The maximum atomic E-state index is 11.4. The molecule has 2 aliphatic rings. The van der Waals surface area contributed by atoms with Crippen LogP contribution in [0.25, 0.3) is 0 Å². The van der Waals surface area contributed by atoms with E-state index < -0.39 is 10.0 Å². The van der Waals surface area contributed by atoms with Gasteiger partial charge in [-0.3, -0.25) is 0 Å². The quantitative estimate of drug-likeness (QED) is 0.440. The SMILES string of the molecule is CN(C)c1nc(N[C@H]2CC[C@@H](NC(=S)Nc3ccc(S(N)(=O)=O)cc3)CC2)nc2c1CCCC2. The summed E-state index contributed by atoms with van der Waals surface area (Å²) in [6.07, 6.45) is 8.45. The van der Waals surface area contributed by atoms with Crippen LogP contribution in [0.4, 0.5) is 17.5 Å². The van der Waals surface area contributed by atoms with Gasteiger partial charge in [-0.1, -0.05) is 0 Å². The van der Waals surface area contributed by atoms with Gasteiger partial charge in [-0.25, -0.2) is 18.5 Å². The molecule has 2 aromatic rings. The number of nitrogens with zero attached hydrogens (tertiary/aromatic N) is 3. The van der Waals surface area contributed by atoms with Gasteiger partial charge in [0.25, 0.3) is 0 Å². The maximum absolute atomic E-state index is 11.4. The van der Waals surface area contributed by atoms with Crippen LogP contribution in [0.3, 0.4) is 0 Å². The van der Waals surface area contributed by atoms with Gasteiger partial charge in [0.1, 0.15) is 5.82 Å². The molecular weight excluding hydrogens is 470 g/mol. The summed E-state index contributed by atoms with van der Waals surface area (Å²) in [6.45, 7) is 0. The minimum atomic E-state index is -3.70. The van der Waals surface area contributed by atoms with Crippen molar-refractivity contribution in [3.63, 3.8) is 0 Å². The highest BCUT2D eigenvalue weighted by Gasteiger charge is 2.24. The van der Waals surface area contributed by atoms with Crippen molar-refractivity contribution in [1.82, 2.24) is 15.3 Å². The number of aromatic nitrogens is 2. The monoisotopic (exact) mass is 503 g/mol. The average Bonchev–Trinajstić information content (AvgIpc) is 2.79. The van der Waals surface area contributed by atoms with E-state index in [2.05, 4.69) is 20.9 Å². The van der Waals surface area contributed by atoms with Crippen LogP contribution < -0.4 is 26.0 Å². The first kappa shape index (κ1) is 24.6. The summed E-state index contributed by atoms with van der Waals surface area (Å²) in [4.78, 5) is 11.8. The van der Waals surface area contributed by atoms with Crippen LogP contribution in [0, 0.1) is 0 Å². The van der Waals surface area contributed by atoms with E-state index in [1.165, 1.54) is 36.2 Å². The summed E-state index contributed by atoms with van der Waals surface area (Å²) in [5.74, 6) is 1.77. The molecule has 34 heavy (non-hydrogen) atoms. The Kier molecular flexibility index (Phi) is 7.54. The lowest BCUT2D eigenvalue weighted by atomic mass is 9.91. The molecule has 184 valence electrons. The number of thiocarbonyl (C=S) groups is 1. The molecule has 1 aromatic heterocycles. The fraction of sp³-hybridized carbons (Fsp3) is 0.522. The molecule has 11 heteroatoms. The summed E-state index contributed by atoms with van der Waals surface area (Å²) in [5.41, 5.74) is 3.20. The molecule has 0 unspecified atom stereocenters. The van der Waals surface area contributed by atoms with Gasteiger partial charge in [0.05, 0.1) is 10.6 Å². The van der Waals surface area contributed by atoms with Gasteiger partial charge in [0.2, 0.25) is 16.0 Å². The Labute approximate surface area is 207 Å². The lowest BCUT2D eigenvalue weighted by Crippen LogP contribution is -2.42. The van der Waals surface area contributed by atoms with Crippen LogP contribution >= 0.6 is 12.2 Å². The Balaban J connectivity index is 1.28. The van der Waals surface area contributed by atoms with E-state index >= 15 is 0 Å². The normalized spacial score (nSPS) is 20.2. The Bertz CT molecular complexity index is 1130. The lowest BCUT2D eigenvalue weighted by molar-refractivity contribution is 0.387. The highest BCUT2D eigenvalue weighted by atomic mass is 32.2. The molecule has 0 bridgehead atoms. The van der Waals surface area contributed by atoms with Gasteiger partial charge >= 0.3 is 0 Å². The number of anilines is 3. The molecule has 5 N–H and O–H groups in total. The van der Waals surface area contributed by atoms with E-state index in [1.54, 1.807) is 12.1 Å². The zero-order valence-corrected chi connectivity index (χ0v) is 21.3. The minimum absolute atomic E-state index is 0.0726. The van der Waals surface area contributed by atoms with Gasteiger partial charge in [0.15, 0.2) is 5.11 Å². The van der Waals surface area contributed by atoms with Crippen molar-refractivity contribution in [3.05, 3.63) is 35.5 Å². The summed E-state index contributed by atoms with van der Waals surface area (Å²) in [7, 11) is 0.386. The van der Waals surface area contributed by atoms with Crippen molar-refractivity contribution < 1.29 is 8.42 Å². The fourth-order valence-corrected chi connectivity index (χ4v) is 5.45. The maximum Gasteiger partial charge on any atom is 0.238 e. The van der Waals surface area contributed by atoms with Crippen LogP contribution in [0.1, 0.15) is 49.8 Å². The number of fused-ring (bicyclic) bond motifs is 1. The summed E-state index contributed by atoms with van der Waals surface area (Å²) in [6, 6.07) is 6.83. The van der Waals surface area contributed by atoms with E-state index in [-0.39, 0.29) is 10.9 Å². The van der Waals surface area contributed by atoms with E-state index in [0.29, 0.717) is 16.8 Å². The van der Waals surface area contributed by atoms with Gasteiger partial charge in [-0.15, -0.1) is 0 Å². The highest BCUT2D eigenvalue weighted by molar-refractivity contribution is 7.89. The molecule has 1 saturated carbocycles. The minimum Gasteiger partial charge on any atom is -0.362 e. The summed E-state index contributed by atoms with van der Waals surface area (Å²) >= 11 is 5.45. The topological polar surface area (TPSA) is 125 Å². The van der Waals surface area contributed by atoms with Gasteiger partial charge in [-0.05, 0) is 87.8 Å². The Morgan fingerprint density at radius 2 is 1.68 bits per heavy atom. The number of rotatable bonds is 6. The summed E-state index contributed by atoms with van der Waals surface area (Å²) in [5, 5.41) is 15.7. The molecule has 1 fully saturated rings. The number of primary sulfonamides is 1. The highest BCUT2D eigenvalue weighted by Crippen LogP contribution is 2.29. The van der Waals surface area contributed by atoms with Crippen LogP contribution in [0.5, 0.6) is 0 Å². The third-order valence-electron chi connectivity index (χ3n) is 6.42. The zero-order chi connectivity index (χ0) is 24.3. The number of hydrogen-bond acceptors (Lipinski definition) is 7. The predicted octanol–water partition coefficient (Wildman–Crippen LogP) is 2.78. The van der Waals surface area contributed by atoms with Crippen LogP contribution in [-0.2, 0) is 22.9 Å². The Morgan fingerprint density at radius 3 is 2.32 bits per heavy atom. The number of sulfonamides is 1. The van der Waals surface area contributed by atoms with Crippen molar-refractivity contribution in [2.75, 3.05) is 29.6 Å². The second-order valence-corrected chi connectivity index (χ2v) is 11.2. The van der Waals surface area contributed by atoms with Gasteiger partial charge in [-0.2, -0.15) is 4.98 Å². The molecule has 1 aromatic carbocycles. The first-order chi connectivity index (χ1) is 16.2. The Morgan fingerprint density at radius 1 is 1.03 bits per heavy atom. The molecule has 9 nitrogen and oxygen atoms in total. The van der Waals surface area contributed by atoms with E-state index in [0.717, 1.165) is 50.3 Å². The lowest BCUT2D eigenvalue weighted by Gasteiger charge is -2.31. The van der Waals surface area contributed by atoms with Crippen molar-refractivity contribution in [2.45, 2.75) is 68.3 Å². The third-order valence-corrected chi connectivity index (χ3v) is 7.57. The first-order valence-electron chi connectivity index (χ1n) is 11.7. The van der Waals surface area contributed by atoms with Crippen molar-refractivity contribution in [2.24, 2.45) is 5.14 Å². The standard InChI is InChI=1S/C23H33N7O2S2/c1-30(2)21-19-5-3-4-6-20(19)28-22(29-21)25-15-7-9-16(10-8-15)26-23(33)27-17-11-13-18(14-12-17)34(24,31)32/h11-16H,3-10H2,1-2H3,(H2,24,31,32)(H,25,28,29)(H2,26,27,33)/t15-,16+. The van der Waals surface area contributed by atoms with E-state index in [4.69, 9.17) is 27.3 Å². The molecule has 4 rings (SSSR count). The largest absolute Gasteiger partial charge is 0.362 e. The number of nitrogens with two attached hydrogens (primary N) is 1. The Hall–Kier alpha value is -2.50. The van der Waals surface area contributed by atoms with Crippen LogP contribution in [0.15, 0.2) is 29.2 Å². The van der Waals surface area contributed by atoms with Gasteiger partial charge in [0, 0.05) is 37.4 Å². The second-order valence-electron chi connectivity index (χ2n) is 9.26. The van der Waals surface area contributed by atoms with Crippen molar-refractivity contribution in [1.29, 1.82) is 0 Å². The van der Waals surface area contributed by atoms with Crippen LogP contribution in [0.2, 0.25) is 0 Å². The molecule has 1 heterocycles. The molecule has 2 aliphatic carbocycles. The zero-order valence-electron chi connectivity index (χ0n) is 19.7. The third kappa shape index (κ3) is 6.13. The molecule has 0 aliphatic heterocycles. The fourth-order valence-electron chi connectivity index (χ4n) is 4.65. The summed E-state index contributed by atoms with van der Waals surface area (Å²) < 4.78 is 22.8. The number of nitrogens with one attached hydrogen (secondary N) is 3. The molecule has 0 atom stereocenters.